The smallest absolute Gasteiger partial charge is 0.288 e. The van der Waals surface area contributed by atoms with Crippen LogP contribution in [0.5, 0.6) is 5.75 Å². The van der Waals surface area contributed by atoms with Crippen LogP contribution in [0.15, 0.2) is 59.0 Å². The van der Waals surface area contributed by atoms with Gasteiger partial charge in [0, 0.05) is 13.1 Å². The van der Waals surface area contributed by atoms with Crippen molar-refractivity contribution in [3.05, 3.63) is 65.0 Å². The van der Waals surface area contributed by atoms with E-state index in [9.17, 15) is 0 Å². The summed E-state index contributed by atoms with van der Waals surface area (Å²) in [6, 6.07) is 18.4. The fourth-order valence-electron chi connectivity index (χ4n) is 3.79. The number of rotatable bonds is 6. The van der Waals surface area contributed by atoms with Crippen molar-refractivity contribution >= 4 is 12.2 Å². The topological polar surface area (TPSA) is 43.4 Å². The van der Waals surface area contributed by atoms with Gasteiger partial charge >= 0.3 is 0 Å². The van der Waals surface area contributed by atoms with E-state index in [0.717, 1.165) is 36.7 Å². The largest absolute Gasteiger partial charge is 0.496 e. The summed E-state index contributed by atoms with van der Waals surface area (Å²) in [7, 11) is 1.64. The standard InChI is InChI=1S/C22H25N3O2S/c1-26-20-10-6-5-9-19(20)21-23-25(22(28)27-21)16-24-13-11-18(12-14-24)15-17-7-3-2-4-8-17/h2-10,18H,11-16H2,1H3. The fourth-order valence-corrected chi connectivity index (χ4v) is 3.97. The van der Waals surface area contributed by atoms with Crippen LogP contribution in [0.3, 0.4) is 0 Å². The van der Waals surface area contributed by atoms with E-state index in [1.54, 1.807) is 11.8 Å². The van der Waals surface area contributed by atoms with E-state index < -0.39 is 0 Å². The number of nitrogens with zero attached hydrogens (tertiary/aromatic N) is 3. The van der Waals surface area contributed by atoms with Crippen LogP contribution < -0.4 is 4.74 Å². The number of hydrogen-bond donors (Lipinski definition) is 0. The van der Waals surface area contributed by atoms with Gasteiger partial charge in [-0.25, -0.2) is 4.68 Å². The predicted molar refractivity (Wildman–Crippen MR) is 112 cm³/mol. The average molecular weight is 396 g/mol. The van der Waals surface area contributed by atoms with E-state index in [0.29, 0.717) is 17.4 Å². The zero-order chi connectivity index (χ0) is 19.3. The first-order chi connectivity index (χ1) is 13.7. The lowest BCUT2D eigenvalue weighted by atomic mass is 9.90. The Kier molecular flexibility index (Phi) is 5.88. The van der Waals surface area contributed by atoms with Crippen LogP contribution in [0.4, 0.5) is 0 Å². The summed E-state index contributed by atoms with van der Waals surface area (Å²) in [5, 5.41) is 4.59. The molecule has 0 amide bonds. The number of benzene rings is 2. The molecule has 0 bridgehead atoms. The summed E-state index contributed by atoms with van der Waals surface area (Å²) in [5.74, 6) is 1.97. The van der Waals surface area contributed by atoms with Crippen molar-refractivity contribution in [1.82, 2.24) is 14.7 Å². The van der Waals surface area contributed by atoms with Crippen LogP contribution in [0, 0.1) is 10.8 Å². The zero-order valence-corrected chi connectivity index (χ0v) is 16.9. The maximum atomic E-state index is 5.74. The molecule has 1 aromatic heterocycles. The zero-order valence-electron chi connectivity index (χ0n) is 16.1. The number of aromatic nitrogens is 2. The molecule has 1 aliphatic rings. The van der Waals surface area contributed by atoms with Crippen LogP contribution in [-0.4, -0.2) is 34.9 Å². The summed E-state index contributed by atoms with van der Waals surface area (Å²) in [5.41, 5.74) is 2.25. The molecule has 0 spiro atoms. The molecule has 0 atom stereocenters. The number of methoxy groups -OCH3 is 1. The Balaban J connectivity index is 1.38. The Morgan fingerprint density at radius 1 is 1.07 bits per heavy atom. The number of para-hydroxylation sites is 1. The van der Waals surface area contributed by atoms with Gasteiger partial charge in [0.25, 0.3) is 10.7 Å². The number of likely N-dealkylation sites (tertiary alicyclic amines) is 1. The minimum absolute atomic E-state index is 0.396. The van der Waals surface area contributed by atoms with Crippen LogP contribution >= 0.6 is 12.2 Å². The lowest BCUT2D eigenvalue weighted by molar-refractivity contribution is 0.138. The fraction of sp³-hybridized carbons (Fsp3) is 0.364. The van der Waals surface area contributed by atoms with E-state index in [4.69, 9.17) is 21.4 Å². The maximum absolute atomic E-state index is 5.74. The van der Waals surface area contributed by atoms with Crippen LogP contribution in [-0.2, 0) is 13.1 Å². The monoisotopic (exact) mass is 395 g/mol. The molecule has 0 unspecified atom stereocenters. The molecule has 0 N–H and O–H groups in total. The van der Waals surface area contributed by atoms with Crippen LogP contribution in [0.1, 0.15) is 18.4 Å². The molecule has 28 heavy (non-hydrogen) atoms. The molecular weight excluding hydrogens is 370 g/mol. The highest BCUT2D eigenvalue weighted by Crippen LogP contribution is 2.28. The molecule has 1 saturated heterocycles. The number of piperidine rings is 1. The Bertz CT molecular complexity index is 959. The van der Waals surface area contributed by atoms with E-state index in [1.165, 1.54) is 18.4 Å². The summed E-state index contributed by atoms with van der Waals surface area (Å²) >= 11 is 5.40. The first kappa shape index (κ1) is 18.9. The van der Waals surface area contributed by atoms with Gasteiger partial charge in [0.05, 0.1) is 19.3 Å². The highest BCUT2D eigenvalue weighted by atomic mass is 32.1. The van der Waals surface area contributed by atoms with Crippen molar-refractivity contribution in [3.63, 3.8) is 0 Å². The van der Waals surface area contributed by atoms with E-state index >= 15 is 0 Å². The third-order valence-corrected chi connectivity index (χ3v) is 5.65. The summed E-state index contributed by atoms with van der Waals surface area (Å²) < 4.78 is 12.9. The molecule has 0 radical (unpaired) electrons. The number of hydrogen-bond acceptors (Lipinski definition) is 5. The Morgan fingerprint density at radius 2 is 1.79 bits per heavy atom. The molecule has 146 valence electrons. The molecule has 1 aliphatic heterocycles. The Labute approximate surface area is 170 Å². The molecule has 1 fully saturated rings. The second-order valence-corrected chi connectivity index (χ2v) is 7.61. The first-order valence-corrected chi connectivity index (χ1v) is 10.1. The molecule has 2 aromatic carbocycles. The van der Waals surface area contributed by atoms with Crippen molar-refractivity contribution in [2.24, 2.45) is 5.92 Å². The molecule has 5 nitrogen and oxygen atoms in total. The van der Waals surface area contributed by atoms with Gasteiger partial charge in [-0.3, -0.25) is 4.90 Å². The second kappa shape index (κ2) is 8.71. The van der Waals surface area contributed by atoms with Gasteiger partial charge in [-0.2, -0.15) is 0 Å². The minimum atomic E-state index is 0.396. The Hall–Kier alpha value is -2.44. The summed E-state index contributed by atoms with van der Waals surface area (Å²) in [6.45, 7) is 2.77. The average Bonchev–Trinajstić information content (AvgIpc) is 3.10. The van der Waals surface area contributed by atoms with Crippen LogP contribution in [0.25, 0.3) is 11.5 Å². The minimum Gasteiger partial charge on any atom is -0.496 e. The van der Waals surface area contributed by atoms with Gasteiger partial charge in [-0.05, 0) is 55.1 Å². The highest BCUT2D eigenvalue weighted by molar-refractivity contribution is 7.71. The molecule has 0 aliphatic carbocycles. The SMILES string of the molecule is COc1ccccc1-c1nn(CN2CCC(Cc3ccccc3)CC2)c(=S)o1. The molecular formula is C22H25N3O2S. The van der Waals surface area contributed by atoms with Gasteiger partial charge in [0.1, 0.15) is 5.75 Å². The van der Waals surface area contributed by atoms with Gasteiger partial charge in [0.2, 0.25) is 0 Å². The van der Waals surface area contributed by atoms with Crippen molar-refractivity contribution in [2.45, 2.75) is 25.9 Å². The lowest BCUT2D eigenvalue weighted by Gasteiger charge is -2.31. The molecule has 0 saturated carbocycles. The van der Waals surface area contributed by atoms with Gasteiger partial charge in [0.15, 0.2) is 0 Å². The molecule has 4 rings (SSSR count). The predicted octanol–water partition coefficient (Wildman–Crippen LogP) is 4.79. The van der Waals surface area contributed by atoms with Gasteiger partial charge < -0.3 is 9.15 Å². The lowest BCUT2D eigenvalue weighted by Crippen LogP contribution is -2.36. The Morgan fingerprint density at radius 3 is 2.54 bits per heavy atom. The summed E-state index contributed by atoms with van der Waals surface area (Å²) in [6.07, 6.45) is 3.55. The normalized spacial score (nSPS) is 15.6. The van der Waals surface area contributed by atoms with Crippen molar-refractivity contribution < 1.29 is 9.15 Å². The highest BCUT2D eigenvalue weighted by Gasteiger charge is 2.21. The van der Waals surface area contributed by atoms with Crippen molar-refractivity contribution in [2.75, 3.05) is 20.2 Å². The van der Waals surface area contributed by atoms with Gasteiger partial charge in [-0.1, -0.05) is 42.5 Å². The first-order valence-electron chi connectivity index (χ1n) is 9.70. The molecule has 2 heterocycles. The quantitative estimate of drug-likeness (QED) is 0.561. The van der Waals surface area contributed by atoms with E-state index in [2.05, 4.69) is 40.3 Å². The number of ether oxygens (including phenoxy) is 1. The second-order valence-electron chi connectivity index (χ2n) is 7.27. The van der Waals surface area contributed by atoms with Crippen molar-refractivity contribution in [3.8, 4) is 17.2 Å². The maximum Gasteiger partial charge on any atom is 0.288 e. The summed E-state index contributed by atoms with van der Waals surface area (Å²) in [4.78, 5) is 2.79. The molecule has 6 heteroatoms. The van der Waals surface area contributed by atoms with Gasteiger partial charge in [-0.15, -0.1) is 5.10 Å². The van der Waals surface area contributed by atoms with Crippen molar-refractivity contribution in [1.29, 1.82) is 0 Å². The third-order valence-electron chi connectivity index (χ3n) is 5.35. The third kappa shape index (κ3) is 4.34. The molecule has 3 aromatic rings. The van der Waals surface area contributed by atoms with E-state index in [-0.39, 0.29) is 0 Å². The van der Waals surface area contributed by atoms with Crippen LogP contribution in [0.2, 0.25) is 0 Å². The van der Waals surface area contributed by atoms with E-state index in [1.807, 2.05) is 24.3 Å².